The lowest BCUT2D eigenvalue weighted by atomic mass is 10.2. The second-order valence-corrected chi connectivity index (χ2v) is 4.36. The maximum atomic E-state index is 5.71. The third-order valence-corrected chi connectivity index (χ3v) is 2.87. The number of pyridine rings is 1. The zero-order valence-corrected chi connectivity index (χ0v) is 10.0. The van der Waals surface area contributed by atoms with E-state index in [0.717, 1.165) is 42.2 Å². The minimum absolute atomic E-state index is 0.513. The maximum absolute atomic E-state index is 5.71. The van der Waals surface area contributed by atoms with Gasteiger partial charge in [0.2, 0.25) is 0 Å². The Balaban J connectivity index is 2.25. The quantitative estimate of drug-likeness (QED) is 0.877. The average molecular weight is 272 g/mol. The number of nitrogens with zero attached hydrogens (tertiary/aromatic N) is 2. The Morgan fingerprint density at radius 3 is 2.87 bits per heavy atom. The van der Waals surface area contributed by atoms with Gasteiger partial charge in [0.15, 0.2) is 0 Å². The highest BCUT2D eigenvalue weighted by Gasteiger charge is 2.15. The van der Waals surface area contributed by atoms with Gasteiger partial charge in [-0.05, 0) is 22.0 Å². The lowest BCUT2D eigenvalue weighted by Gasteiger charge is -2.29. The summed E-state index contributed by atoms with van der Waals surface area (Å²) in [5.41, 5.74) is 6.78. The zero-order valence-electron chi connectivity index (χ0n) is 8.45. The first kappa shape index (κ1) is 10.9. The summed E-state index contributed by atoms with van der Waals surface area (Å²) in [4.78, 5) is 6.64. The molecule has 1 aromatic rings. The van der Waals surface area contributed by atoms with E-state index in [9.17, 15) is 0 Å². The van der Waals surface area contributed by atoms with Crippen molar-refractivity contribution in [2.45, 2.75) is 6.54 Å². The van der Waals surface area contributed by atoms with Crippen LogP contribution in [-0.4, -0.2) is 31.3 Å². The van der Waals surface area contributed by atoms with Gasteiger partial charge in [-0.2, -0.15) is 0 Å². The lowest BCUT2D eigenvalue weighted by Crippen LogP contribution is -2.37. The summed E-state index contributed by atoms with van der Waals surface area (Å²) in [6, 6.07) is 2.03. The van der Waals surface area contributed by atoms with Crippen molar-refractivity contribution >= 4 is 21.7 Å². The fourth-order valence-corrected chi connectivity index (χ4v) is 2.06. The summed E-state index contributed by atoms with van der Waals surface area (Å²) in [5, 5.41) is 0. The summed E-state index contributed by atoms with van der Waals surface area (Å²) >= 11 is 3.40. The van der Waals surface area contributed by atoms with Crippen LogP contribution >= 0.6 is 15.9 Å². The third-order valence-electron chi connectivity index (χ3n) is 2.44. The molecule has 4 nitrogen and oxygen atoms in total. The molecule has 15 heavy (non-hydrogen) atoms. The monoisotopic (exact) mass is 271 g/mol. The van der Waals surface area contributed by atoms with E-state index in [4.69, 9.17) is 10.5 Å². The normalized spacial score (nSPS) is 16.8. The highest BCUT2D eigenvalue weighted by Crippen LogP contribution is 2.21. The SMILES string of the molecule is NCc1cc(Br)cnc1N1CCOCC1. The summed E-state index contributed by atoms with van der Waals surface area (Å²) in [6.07, 6.45) is 1.81. The van der Waals surface area contributed by atoms with Crippen molar-refractivity contribution in [2.75, 3.05) is 31.2 Å². The Morgan fingerprint density at radius 2 is 2.20 bits per heavy atom. The molecule has 1 aliphatic rings. The minimum atomic E-state index is 0.513. The second-order valence-electron chi connectivity index (χ2n) is 3.44. The molecular formula is C10H14BrN3O. The van der Waals surface area contributed by atoms with E-state index in [1.807, 2.05) is 12.3 Å². The molecule has 1 saturated heterocycles. The van der Waals surface area contributed by atoms with Crippen LogP contribution in [0.2, 0.25) is 0 Å². The second kappa shape index (κ2) is 4.92. The summed E-state index contributed by atoms with van der Waals surface area (Å²) in [6.45, 7) is 3.83. The fourth-order valence-electron chi connectivity index (χ4n) is 1.68. The van der Waals surface area contributed by atoms with Gasteiger partial charge >= 0.3 is 0 Å². The van der Waals surface area contributed by atoms with Crippen molar-refractivity contribution in [3.05, 3.63) is 22.3 Å². The predicted molar refractivity (Wildman–Crippen MR) is 62.9 cm³/mol. The van der Waals surface area contributed by atoms with Crippen LogP contribution in [0.5, 0.6) is 0 Å². The van der Waals surface area contributed by atoms with Gasteiger partial charge in [0, 0.05) is 35.9 Å². The molecule has 2 rings (SSSR count). The summed E-state index contributed by atoms with van der Waals surface area (Å²) in [5.74, 6) is 0.990. The number of halogens is 1. The molecule has 5 heteroatoms. The number of anilines is 1. The highest BCUT2D eigenvalue weighted by molar-refractivity contribution is 9.10. The molecule has 82 valence electrons. The molecule has 1 aliphatic heterocycles. The summed E-state index contributed by atoms with van der Waals surface area (Å²) < 4.78 is 6.28. The van der Waals surface area contributed by atoms with Crippen molar-refractivity contribution in [1.29, 1.82) is 0 Å². The molecule has 0 amide bonds. The van der Waals surface area contributed by atoms with E-state index in [-0.39, 0.29) is 0 Å². The van der Waals surface area contributed by atoms with Gasteiger partial charge < -0.3 is 15.4 Å². The molecule has 1 aromatic heterocycles. The number of hydrogen-bond donors (Lipinski definition) is 1. The molecule has 1 fully saturated rings. The number of aromatic nitrogens is 1. The van der Waals surface area contributed by atoms with Gasteiger partial charge in [-0.25, -0.2) is 4.98 Å². The Kier molecular flexibility index (Phi) is 3.56. The van der Waals surface area contributed by atoms with Gasteiger partial charge in [0.1, 0.15) is 5.82 Å². The number of hydrogen-bond acceptors (Lipinski definition) is 4. The van der Waals surface area contributed by atoms with Crippen molar-refractivity contribution in [3.8, 4) is 0 Å². The first-order valence-electron chi connectivity index (χ1n) is 4.98. The Bertz CT molecular complexity index is 339. The largest absolute Gasteiger partial charge is 0.378 e. The van der Waals surface area contributed by atoms with E-state index in [1.165, 1.54) is 0 Å². The average Bonchev–Trinajstić information content (AvgIpc) is 2.30. The van der Waals surface area contributed by atoms with E-state index in [2.05, 4.69) is 25.8 Å². The van der Waals surface area contributed by atoms with Gasteiger partial charge in [0.05, 0.1) is 13.2 Å². The van der Waals surface area contributed by atoms with Crippen molar-refractivity contribution in [2.24, 2.45) is 5.73 Å². The van der Waals surface area contributed by atoms with Crippen LogP contribution in [0.3, 0.4) is 0 Å². The Morgan fingerprint density at radius 1 is 1.47 bits per heavy atom. The molecule has 0 saturated carbocycles. The smallest absolute Gasteiger partial charge is 0.133 e. The van der Waals surface area contributed by atoms with Gasteiger partial charge in [-0.1, -0.05) is 0 Å². The fraction of sp³-hybridized carbons (Fsp3) is 0.500. The minimum Gasteiger partial charge on any atom is -0.378 e. The molecule has 0 unspecified atom stereocenters. The van der Waals surface area contributed by atoms with Gasteiger partial charge in [-0.3, -0.25) is 0 Å². The van der Waals surface area contributed by atoms with E-state index < -0.39 is 0 Å². The highest BCUT2D eigenvalue weighted by atomic mass is 79.9. The van der Waals surface area contributed by atoms with Gasteiger partial charge in [0.25, 0.3) is 0 Å². The summed E-state index contributed by atoms with van der Waals surface area (Å²) in [7, 11) is 0. The predicted octanol–water partition coefficient (Wildman–Crippen LogP) is 1.14. The number of ether oxygens (including phenoxy) is 1. The van der Waals surface area contributed by atoms with Crippen molar-refractivity contribution < 1.29 is 4.74 Å². The first-order chi connectivity index (χ1) is 7.31. The van der Waals surface area contributed by atoms with Crippen LogP contribution in [0.25, 0.3) is 0 Å². The van der Waals surface area contributed by atoms with Crippen LogP contribution in [0.1, 0.15) is 5.56 Å². The molecule has 0 radical (unpaired) electrons. The van der Waals surface area contributed by atoms with Crippen LogP contribution in [0.15, 0.2) is 16.7 Å². The van der Waals surface area contributed by atoms with Crippen LogP contribution in [-0.2, 0) is 11.3 Å². The number of rotatable bonds is 2. The maximum Gasteiger partial charge on any atom is 0.133 e. The van der Waals surface area contributed by atoms with E-state index in [0.29, 0.717) is 6.54 Å². The molecule has 0 bridgehead atoms. The van der Waals surface area contributed by atoms with E-state index >= 15 is 0 Å². The van der Waals surface area contributed by atoms with Crippen molar-refractivity contribution in [3.63, 3.8) is 0 Å². The molecule has 0 aromatic carbocycles. The Labute approximate surface area is 97.6 Å². The van der Waals surface area contributed by atoms with Crippen molar-refractivity contribution in [1.82, 2.24) is 4.98 Å². The molecule has 2 heterocycles. The number of nitrogens with two attached hydrogens (primary N) is 1. The van der Waals surface area contributed by atoms with Crippen LogP contribution in [0, 0.1) is 0 Å². The van der Waals surface area contributed by atoms with Crippen LogP contribution in [0.4, 0.5) is 5.82 Å². The molecular weight excluding hydrogens is 258 g/mol. The molecule has 0 aliphatic carbocycles. The third kappa shape index (κ3) is 2.48. The topological polar surface area (TPSA) is 51.4 Å². The molecule has 2 N–H and O–H groups in total. The number of morpholine rings is 1. The van der Waals surface area contributed by atoms with Gasteiger partial charge in [-0.15, -0.1) is 0 Å². The standard InChI is InChI=1S/C10H14BrN3O/c11-9-5-8(6-12)10(13-7-9)14-1-3-15-4-2-14/h5,7H,1-4,6,12H2. The molecule has 0 spiro atoms. The lowest BCUT2D eigenvalue weighted by molar-refractivity contribution is 0.122. The molecule has 0 atom stereocenters. The van der Waals surface area contributed by atoms with E-state index in [1.54, 1.807) is 0 Å². The zero-order chi connectivity index (χ0) is 10.7. The first-order valence-corrected chi connectivity index (χ1v) is 5.78. The Hall–Kier alpha value is -0.650. The van der Waals surface area contributed by atoms with Crippen LogP contribution < -0.4 is 10.6 Å².